The third-order valence-corrected chi connectivity index (χ3v) is 7.07. The molecular formula is C27H26F5N5O3. The Morgan fingerprint density at radius 3 is 2.15 bits per heavy atom. The number of carbonyl (C=O) groups is 2. The molecule has 1 aliphatic rings. The van der Waals surface area contributed by atoms with Crippen molar-refractivity contribution in [2.75, 3.05) is 30.4 Å². The van der Waals surface area contributed by atoms with E-state index in [0.29, 0.717) is 19.2 Å². The largest absolute Gasteiger partial charge is 0.367 e. The topological polar surface area (TPSA) is 112 Å². The number of benzene rings is 2. The van der Waals surface area contributed by atoms with Gasteiger partial charge < -0.3 is 20.9 Å². The van der Waals surface area contributed by atoms with Gasteiger partial charge in [-0.25, -0.2) is 22.0 Å². The summed E-state index contributed by atoms with van der Waals surface area (Å²) in [5, 5.41) is 2.50. The van der Waals surface area contributed by atoms with Gasteiger partial charge in [-0.1, -0.05) is 0 Å². The normalized spacial score (nSPS) is 17.8. The van der Waals surface area contributed by atoms with Crippen molar-refractivity contribution in [1.29, 1.82) is 0 Å². The predicted molar refractivity (Wildman–Crippen MR) is 139 cm³/mol. The average Bonchev–Trinajstić information content (AvgIpc) is 2.86. The second-order valence-corrected chi connectivity index (χ2v) is 9.72. The predicted octanol–water partition coefficient (Wildman–Crippen LogP) is 4.28. The number of hydrogen-bond acceptors (Lipinski definition) is 5. The zero-order valence-electron chi connectivity index (χ0n) is 21.7. The SMILES string of the molecule is C[C@@H]1CN(c2cc(F)c(-c3cc(F)c(C(N)=O)c(F)c3)cc2NC(=O)c2c[nH]c(=O)cc2C(F)F)C[C@H](C)N1C. The van der Waals surface area contributed by atoms with Crippen molar-refractivity contribution < 1.29 is 31.5 Å². The van der Waals surface area contributed by atoms with E-state index in [1.165, 1.54) is 0 Å². The van der Waals surface area contributed by atoms with Gasteiger partial charge in [-0.05, 0) is 50.7 Å². The average molecular weight is 564 g/mol. The minimum Gasteiger partial charge on any atom is -0.367 e. The number of halogens is 5. The van der Waals surface area contributed by atoms with Crippen molar-refractivity contribution in [3.63, 3.8) is 0 Å². The van der Waals surface area contributed by atoms with Crippen LogP contribution in [0.15, 0.2) is 41.3 Å². The minimum atomic E-state index is -3.14. The Bertz CT molecular complexity index is 1510. The molecule has 13 heteroatoms. The van der Waals surface area contributed by atoms with Crippen molar-refractivity contribution >= 4 is 23.2 Å². The summed E-state index contributed by atoms with van der Waals surface area (Å²) in [5.74, 6) is -5.89. The monoisotopic (exact) mass is 563 g/mol. The molecule has 0 bridgehead atoms. The number of H-pyrrole nitrogens is 1. The van der Waals surface area contributed by atoms with E-state index in [2.05, 4.69) is 15.2 Å². The fourth-order valence-corrected chi connectivity index (χ4v) is 4.77. The van der Waals surface area contributed by atoms with Gasteiger partial charge in [0.1, 0.15) is 23.0 Å². The van der Waals surface area contributed by atoms with Gasteiger partial charge in [0, 0.05) is 48.6 Å². The number of nitrogens with two attached hydrogens (primary N) is 1. The molecule has 4 N–H and O–H groups in total. The first-order chi connectivity index (χ1) is 18.8. The molecule has 0 spiro atoms. The van der Waals surface area contributed by atoms with E-state index in [-0.39, 0.29) is 34.6 Å². The Kier molecular flexibility index (Phi) is 7.96. The molecule has 2 heterocycles. The van der Waals surface area contributed by atoms with Crippen LogP contribution in [0.1, 0.15) is 46.6 Å². The Balaban J connectivity index is 1.85. The van der Waals surface area contributed by atoms with Crippen LogP contribution in [-0.2, 0) is 0 Å². The molecule has 3 aromatic rings. The van der Waals surface area contributed by atoms with Gasteiger partial charge in [0.25, 0.3) is 18.2 Å². The van der Waals surface area contributed by atoms with Crippen LogP contribution < -0.4 is 21.5 Å². The van der Waals surface area contributed by atoms with Crippen LogP contribution in [0.2, 0.25) is 0 Å². The molecule has 212 valence electrons. The van der Waals surface area contributed by atoms with E-state index in [9.17, 15) is 31.9 Å². The van der Waals surface area contributed by atoms with Crippen LogP contribution in [0.3, 0.4) is 0 Å². The molecule has 1 fully saturated rings. The molecule has 4 rings (SSSR count). The first kappa shape index (κ1) is 28.7. The molecule has 2 amide bonds. The number of hydrogen-bond donors (Lipinski definition) is 3. The maximum Gasteiger partial charge on any atom is 0.264 e. The Morgan fingerprint density at radius 2 is 1.60 bits per heavy atom. The number of nitrogens with one attached hydrogen (secondary N) is 2. The summed E-state index contributed by atoms with van der Waals surface area (Å²) in [6.45, 7) is 4.74. The summed E-state index contributed by atoms with van der Waals surface area (Å²) >= 11 is 0. The number of aromatic nitrogens is 1. The van der Waals surface area contributed by atoms with Crippen LogP contribution in [0.25, 0.3) is 11.1 Å². The fraction of sp³-hybridized carbons (Fsp3) is 0.296. The number of aromatic amines is 1. The smallest absolute Gasteiger partial charge is 0.264 e. The van der Waals surface area contributed by atoms with E-state index in [1.807, 2.05) is 20.9 Å². The van der Waals surface area contributed by atoms with Crippen molar-refractivity contribution in [2.24, 2.45) is 5.73 Å². The molecule has 8 nitrogen and oxygen atoms in total. The Morgan fingerprint density at radius 1 is 1.00 bits per heavy atom. The number of amides is 2. The number of alkyl halides is 2. The molecule has 2 atom stereocenters. The van der Waals surface area contributed by atoms with Gasteiger partial charge in [0.05, 0.1) is 16.9 Å². The van der Waals surface area contributed by atoms with Crippen molar-refractivity contribution in [3.8, 4) is 11.1 Å². The number of piperazine rings is 1. The quantitative estimate of drug-likeness (QED) is 0.388. The van der Waals surface area contributed by atoms with E-state index in [0.717, 1.165) is 30.5 Å². The van der Waals surface area contributed by atoms with Gasteiger partial charge in [0.15, 0.2) is 0 Å². The minimum absolute atomic E-state index is 0.0178. The lowest BCUT2D eigenvalue weighted by Crippen LogP contribution is -2.55. The summed E-state index contributed by atoms with van der Waals surface area (Å²) in [7, 11) is 1.93. The fourth-order valence-electron chi connectivity index (χ4n) is 4.77. The summed E-state index contributed by atoms with van der Waals surface area (Å²) in [4.78, 5) is 42.2. The number of carbonyl (C=O) groups excluding carboxylic acids is 2. The van der Waals surface area contributed by atoms with Crippen molar-refractivity contribution in [3.05, 3.63) is 81.0 Å². The van der Waals surface area contributed by atoms with Gasteiger partial charge in [0.2, 0.25) is 5.56 Å². The lowest BCUT2D eigenvalue weighted by Gasteiger charge is -2.44. The highest BCUT2D eigenvalue weighted by molar-refractivity contribution is 6.07. The highest BCUT2D eigenvalue weighted by atomic mass is 19.3. The Labute approximate surface area is 225 Å². The molecule has 1 saturated heterocycles. The first-order valence-corrected chi connectivity index (χ1v) is 12.2. The molecule has 1 aromatic heterocycles. The van der Waals surface area contributed by atoms with Gasteiger partial charge in [-0.2, -0.15) is 0 Å². The van der Waals surface area contributed by atoms with Crippen LogP contribution in [0.5, 0.6) is 0 Å². The summed E-state index contributed by atoms with van der Waals surface area (Å²) in [6, 6.07) is 4.30. The molecule has 0 aliphatic carbocycles. The third-order valence-electron chi connectivity index (χ3n) is 7.07. The van der Waals surface area contributed by atoms with Crippen LogP contribution in [0.4, 0.5) is 33.3 Å². The van der Waals surface area contributed by atoms with Crippen LogP contribution >= 0.6 is 0 Å². The van der Waals surface area contributed by atoms with Gasteiger partial charge in [-0.3, -0.25) is 19.3 Å². The second-order valence-electron chi connectivity index (χ2n) is 9.72. The number of pyridine rings is 1. The standard InChI is InChI=1S/C27H26F5N5O3/c1-12-10-37(11-13(2)36(12)3)22-8-18(28)15(14-4-19(29)24(26(33)39)20(30)5-14)6-21(22)35-27(40)17-9-34-23(38)7-16(17)25(31)32/h4-9,12-13,25H,10-11H2,1-3H3,(H2,33,39)(H,34,38)(H,35,40)/t12-,13+. The van der Waals surface area contributed by atoms with E-state index in [1.54, 1.807) is 4.90 Å². The van der Waals surface area contributed by atoms with Crippen LogP contribution in [0, 0.1) is 17.5 Å². The number of nitrogens with zero attached hydrogens (tertiary/aromatic N) is 2. The van der Waals surface area contributed by atoms with Gasteiger partial charge >= 0.3 is 0 Å². The number of likely N-dealkylation sites (N-methyl/N-ethyl adjacent to an activating group) is 1. The maximum absolute atomic E-state index is 15.5. The number of primary amides is 1. The summed E-state index contributed by atoms with van der Waals surface area (Å²) in [6.07, 6.45) is -2.29. The van der Waals surface area contributed by atoms with Crippen molar-refractivity contribution in [1.82, 2.24) is 9.88 Å². The molecule has 0 radical (unpaired) electrons. The molecule has 0 saturated carbocycles. The molecule has 0 unspecified atom stereocenters. The summed E-state index contributed by atoms with van der Waals surface area (Å²) in [5.41, 5.74) is 1.42. The summed E-state index contributed by atoms with van der Waals surface area (Å²) < 4.78 is 71.7. The zero-order chi connectivity index (χ0) is 29.5. The highest BCUT2D eigenvalue weighted by Crippen LogP contribution is 2.37. The van der Waals surface area contributed by atoms with Crippen LogP contribution in [-0.4, -0.2) is 53.9 Å². The second kappa shape index (κ2) is 11.1. The molecule has 2 aromatic carbocycles. The Hall–Kier alpha value is -4.26. The van der Waals surface area contributed by atoms with Crippen molar-refractivity contribution in [2.45, 2.75) is 32.4 Å². The number of anilines is 2. The third kappa shape index (κ3) is 5.55. The molecular weight excluding hydrogens is 537 g/mol. The number of rotatable bonds is 6. The van der Waals surface area contributed by atoms with E-state index >= 15 is 4.39 Å². The molecule has 40 heavy (non-hydrogen) atoms. The maximum atomic E-state index is 15.5. The zero-order valence-corrected chi connectivity index (χ0v) is 21.7. The lowest BCUT2D eigenvalue weighted by atomic mass is 9.99. The van der Waals surface area contributed by atoms with Gasteiger partial charge in [-0.15, -0.1) is 0 Å². The molecule has 1 aliphatic heterocycles. The first-order valence-electron chi connectivity index (χ1n) is 12.2. The van der Waals surface area contributed by atoms with E-state index < -0.39 is 57.9 Å². The lowest BCUT2D eigenvalue weighted by molar-refractivity contribution is 0.0989. The van der Waals surface area contributed by atoms with E-state index in [4.69, 9.17) is 5.73 Å². The highest BCUT2D eigenvalue weighted by Gasteiger charge is 2.30.